The van der Waals surface area contributed by atoms with Crippen molar-refractivity contribution in [3.05, 3.63) is 66.4 Å². The van der Waals surface area contributed by atoms with Gasteiger partial charge < -0.3 is 10.1 Å². The zero-order chi connectivity index (χ0) is 18.4. The molecule has 0 spiro atoms. The second kappa shape index (κ2) is 8.49. The number of carbonyl (C=O) groups is 1. The van der Waals surface area contributed by atoms with Gasteiger partial charge in [-0.1, -0.05) is 42.1 Å². The van der Waals surface area contributed by atoms with E-state index in [9.17, 15) is 4.79 Å². The summed E-state index contributed by atoms with van der Waals surface area (Å²) in [6, 6.07) is 18.9. The van der Waals surface area contributed by atoms with Crippen molar-refractivity contribution in [2.45, 2.75) is 11.9 Å². The predicted molar refractivity (Wildman–Crippen MR) is 105 cm³/mol. The first kappa shape index (κ1) is 17.9. The summed E-state index contributed by atoms with van der Waals surface area (Å²) < 4.78 is 5.11. The number of anilines is 1. The minimum absolute atomic E-state index is 0.0855. The van der Waals surface area contributed by atoms with Gasteiger partial charge in [-0.25, -0.2) is 9.97 Å². The Balaban J connectivity index is 1.63. The summed E-state index contributed by atoms with van der Waals surface area (Å²) in [5.74, 6) is 1.61. The minimum atomic E-state index is -0.0855. The summed E-state index contributed by atoms with van der Waals surface area (Å²) in [7, 11) is 1.61. The van der Waals surface area contributed by atoms with Gasteiger partial charge in [-0.3, -0.25) is 4.79 Å². The lowest BCUT2D eigenvalue weighted by Gasteiger charge is -2.07. The van der Waals surface area contributed by atoms with Crippen molar-refractivity contribution >= 4 is 23.4 Å². The molecule has 0 aliphatic rings. The van der Waals surface area contributed by atoms with Gasteiger partial charge in [0.1, 0.15) is 10.8 Å². The third-order valence-corrected chi connectivity index (χ3v) is 4.50. The van der Waals surface area contributed by atoms with E-state index in [2.05, 4.69) is 15.3 Å². The third kappa shape index (κ3) is 4.83. The molecule has 1 N–H and O–H groups in total. The normalized spacial score (nSPS) is 10.4. The largest absolute Gasteiger partial charge is 0.497 e. The molecule has 26 heavy (non-hydrogen) atoms. The van der Waals surface area contributed by atoms with Crippen LogP contribution in [-0.4, -0.2) is 28.7 Å². The van der Waals surface area contributed by atoms with Crippen molar-refractivity contribution in [2.24, 2.45) is 0 Å². The van der Waals surface area contributed by atoms with Gasteiger partial charge in [0.15, 0.2) is 5.82 Å². The molecule has 6 heteroatoms. The second-order valence-corrected chi connectivity index (χ2v) is 6.60. The van der Waals surface area contributed by atoms with Crippen molar-refractivity contribution in [3.8, 4) is 17.1 Å². The van der Waals surface area contributed by atoms with Crippen LogP contribution in [0.15, 0.2) is 65.7 Å². The molecule has 5 nitrogen and oxygen atoms in total. The fourth-order valence-corrected chi connectivity index (χ4v) is 3.10. The van der Waals surface area contributed by atoms with Gasteiger partial charge in [0.25, 0.3) is 0 Å². The van der Waals surface area contributed by atoms with Gasteiger partial charge in [0, 0.05) is 16.9 Å². The molecule has 0 saturated heterocycles. The first-order chi connectivity index (χ1) is 12.6. The molecule has 1 aromatic heterocycles. The van der Waals surface area contributed by atoms with E-state index in [-0.39, 0.29) is 11.7 Å². The van der Waals surface area contributed by atoms with Crippen molar-refractivity contribution in [1.29, 1.82) is 0 Å². The molecule has 0 atom stereocenters. The number of rotatable bonds is 6. The highest BCUT2D eigenvalue weighted by molar-refractivity contribution is 7.99. The lowest BCUT2D eigenvalue weighted by molar-refractivity contribution is -0.113. The topological polar surface area (TPSA) is 64.1 Å². The molecule has 1 amide bonds. The van der Waals surface area contributed by atoms with Crippen molar-refractivity contribution < 1.29 is 9.53 Å². The molecule has 2 aromatic carbocycles. The Morgan fingerprint density at radius 1 is 1.08 bits per heavy atom. The minimum Gasteiger partial charge on any atom is -0.497 e. The van der Waals surface area contributed by atoms with Gasteiger partial charge in [-0.05, 0) is 37.3 Å². The van der Waals surface area contributed by atoms with Gasteiger partial charge in [-0.2, -0.15) is 0 Å². The first-order valence-electron chi connectivity index (χ1n) is 8.12. The van der Waals surface area contributed by atoms with Gasteiger partial charge >= 0.3 is 0 Å². The van der Waals surface area contributed by atoms with Crippen LogP contribution in [0, 0.1) is 6.92 Å². The maximum absolute atomic E-state index is 12.2. The van der Waals surface area contributed by atoms with Gasteiger partial charge in [0.2, 0.25) is 5.91 Å². The number of thioether (sulfide) groups is 1. The van der Waals surface area contributed by atoms with E-state index in [0.717, 1.165) is 27.7 Å². The molecule has 0 radical (unpaired) electrons. The maximum Gasteiger partial charge on any atom is 0.234 e. The molecule has 3 aromatic rings. The Kier molecular flexibility index (Phi) is 5.86. The Morgan fingerprint density at radius 2 is 1.81 bits per heavy atom. The summed E-state index contributed by atoms with van der Waals surface area (Å²) in [6.45, 7) is 1.93. The number of aryl methyl sites for hydroxylation is 1. The van der Waals surface area contributed by atoms with Crippen LogP contribution in [0.4, 0.5) is 5.69 Å². The van der Waals surface area contributed by atoms with Crippen LogP contribution in [0.5, 0.6) is 5.75 Å². The van der Waals surface area contributed by atoms with Crippen LogP contribution in [0.1, 0.15) is 5.69 Å². The van der Waals surface area contributed by atoms with Crippen LogP contribution >= 0.6 is 11.8 Å². The lowest BCUT2D eigenvalue weighted by Crippen LogP contribution is -2.14. The molecule has 1 heterocycles. The van der Waals surface area contributed by atoms with Crippen LogP contribution in [0.2, 0.25) is 0 Å². The maximum atomic E-state index is 12.2. The van der Waals surface area contributed by atoms with Gasteiger partial charge in [-0.15, -0.1) is 0 Å². The van der Waals surface area contributed by atoms with E-state index >= 15 is 0 Å². The smallest absolute Gasteiger partial charge is 0.234 e. The Labute approximate surface area is 156 Å². The molecule has 0 unspecified atom stereocenters. The molecule has 3 rings (SSSR count). The van der Waals surface area contributed by atoms with E-state index in [4.69, 9.17) is 4.74 Å². The molecule has 0 bridgehead atoms. The van der Waals surface area contributed by atoms with Crippen LogP contribution in [0.3, 0.4) is 0 Å². The quantitative estimate of drug-likeness (QED) is 0.524. The molecule has 0 aliphatic carbocycles. The monoisotopic (exact) mass is 365 g/mol. The Bertz CT molecular complexity index is 883. The molecule has 0 saturated carbocycles. The Morgan fingerprint density at radius 3 is 2.50 bits per heavy atom. The van der Waals surface area contributed by atoms with E-state index in [0.29, 0.717) is 5.82 Å². The van der Waals surface area contributed by atoms with Crippen LogP contribution in [-0.2, 0) is 4.79 Å². The average molecular weight is 365 g/mol. The van der Waals surface area contributed by atoms with E-state index < -0.39 is 0 Å². The number of nitrogens with zero attached hydrogens (tertiary/aromatic N) is 2. The Hall–Kier alpha value is -2.86. The second-order valence-electron chi connectivity index (χ2n) is 5.60. The number of benzene rings is 2. The van der Waals surface area contributed by atoms with Gasteiger partial charge in [0.05, 0.1) is 12.9 Å². The highest BCUT2D eigenvalue weighted by Crippen LogP contribution is 2.22. The highest BCUT2D eigenvalue weighted by Gasteiger charge is 2.08. The van der Waals surface area contributed by atoms with E-state index in [1.165, 1.54) is 11.8 Å². The summed E-state index contributed by atoms with van der Waals surface area (Å²) >= 11 is 1.39. The molecule has 0 aliphatic heterocycles. The zero-order valence-corrected chi connectivity index (χ0v) is 15.4. The average Bonchev–Trinajstić information content (AvgIpc) is 2.67. The van der Waals surface area contributed by atoms with Crippen molar-refractivity contribution in [3.63, 3.8) is 0 Å². The SMILES string of the molecule is COc1ccc(NC(=O)CSc2cc(C)nc(-c3ccccc3)n2)cc1. The van der Waals surface area contributed by atoms with Crippen molar-refractivity contribution in [2.75, 3.05) is 18.2 Å². The number of hydrogen-bond acceptors (Lipinski definition) is 5. The lowest BCUT2D eigenvalue weighted by atomic mass is 10.2. The number of aromatic nitrogens is 2. The third-order valence-electron chi connectivity index (χ3n) is 3.59. The number of methoxy groups -OCH3 is 1. The highest BCUT2D eigenvalue weighted by atomic mass is 32.2. The summed E-state index contributed by atoms with van der Waals surface area (Å²) in [5, 5.41) is 3.64. The summed E-state index contributed by atoms with van der Waals surface area (Å²) in [5.41, 5.74) is 2.57. The number of nitrogens with one attached hydrogen (secondary N) is 1. The number of carbonyl (C=O) groups excluding carboxylic acids is 1. The number of amides is 1. The van der Waals surface area contributed by atoms with Crippen molar-refractivity contribution in [1.82, 2.24) is 9.97 Å². The fraction of sp³-hybridized carbons (Fsp3) is 0.150. The summed E-state index contributed by atoms with van der Waals surface area (Å²) in [4.78, 5) is 21.2. The standard InChI is InChI=1S/C20H19N3O2S/c1-14-12-19(23-20(21-14)15-6-4-3-5-7-15)26-13-18(24)22-16-8-10-17(25-2)11-9-16/h3-12H,13H2,1-2H3,(H,22,24). The molecular weight excluding hydrogens is 346 g/mol. The zero-order valence-electron chi connectivity index (χ0n) is 14.6. The molecule has 132 valence electrons. The summed E-state index contributed by atoms with van der Waals surface area (Å²) in [6.07, 6.45) is 0. The first-order valence-corrected chi connectivity index (χ1v) is 9.10. The van der Waals surface area contributed by atoms with Crippen LogP contribution < -0.4 is 10.1 Å². The predicted octanol–water partition coefficient (Wildman–Crippen LogP) is 4.19. The fourth-order valence-electron chi connectivity index (χ4n) is 2.34. The molecular formula is C20H19N3O2S. The van der Waals surface area contributed by atoms with Crippen LogP contribution in [0.25, 0.3) is 11.4 Å². The molecule has 0 fully saturated rings. The number of hydrogen-bond donors (Lipinski definition) is 1. The van der Waals surface area contributed by atoms with E-state index in [1.54, 1.807) is 7.11 Å². The van der Waals surface area contributed by atoms with E-state index in [1.807, 2.05) is 67.6 Å². The number of ether oxygens (including phenoxy) is 1.